The maximum atomic E-state index is 12.4. The third kappa shape index (κ3) is 2.49. The summed E-state index contributed by atoms with van der Waals surface area (Å²) < 4.78 is 0. The second kappa shape index (κ2) is 5.13. The number of amides is 1. The molecule has 0 aliphatic rings. The van der Waals surface area contributed by atoms with Crippen LogP contribution in [0.1, 0.15) is 10.4 Å². The van der Waals surface area contributed by atoms with Gasteiger partial charge in [0.25, 0.3) is 11.9 Å². The minimum atomic E-state index is -0.363. The van der Waals surface area contributed by atoms with Crippen LogP contribution in [0, 0.1) is 0 Å². The number of nitrogens with zero attached hydrogens (tertiary/aromatic N) is 5. The van der Waals surface area contributed by atoms with E-state index < -0.39 is 0 Å². The van der Waals surface area contributed by atoms with E-state index >= 15 is 0 Å². The Morgan fingerprint density at radius 2 is 2.14 bits per heavy atom. The third-order valence-corrected chi connectivity index (χ3v) is 2.84. The van der Waals surface area contributed by atoms with Crippen molar-refractivity contribution in [2.24, 2.45) is 12.9 Å². The molecule has 3 aromatic rings. The van der Waals surface area contributed by atoms with Crippen molar-refractivity contribution in [1.82, 2.24) is 25.2 Å². The van der Waals surface area contributed by atoms with Crippen molar-refractivity contribution in [2.45, 2.75) is 0 Å². The molecule has 0 aliphatic heterocycles. The summed E-state index contributed by atoms with van der Waals surface area (Å²) in [7, 11) is 1.61. The molecule has 0 saturated heterocycles. The number of fused-ring (bicyclic) bond motifs is 1. The summed E-state index contributed by atoms with van der Waals surface area (Å²) in [5, 5.41) is 14.6. The first-order valence-corrected chi connectivity index (χ1v) is 6.09. The molecular formula is C12H12N8O. The smallest absolute Gasteiger partial charge is 0.270 e. The number of rotatable bonds is 3. The zero-order valence-corrected chi connectivity index (χ0v) is 11.1. The average Bonchev–Trinajstić information content (AvgIpc) is 2.91. The quantitative estimate of drug-likeness (QED) is 0.466. The predicted octanol–water partition coefficient (Wildman–Crippen LogP) is 0.296. The fraction of sp³-hybridized carbons (Fsp3) is 0.0833. The van der Waals surface area contributed by atoms with Crippen LogP contribution in [0.15, 0.2) is 30.3 Å². The molecule has 0 fully saturated rings. The number of aromatic nitrogens is 5. The summed E-state index contributed by atoms with van der Waals surface area (Å²) in [5.41, 5.74) is 3.52. The Morgan fingerprint density at radius 1 is 1.33 bits per heavy atom. The molecule has 0 radical (unpaired) electrons. The van der Waals surface area contributed by atoms with E-state index in [2.05, 4.69) is 31.1 Å². The van der Waals surface area contributed by atoms with Crippen LogP contribution in [0.25, 0.3) is 10.9 Å². The van der Waals surface area contributed by atoms with E-state index in [0.29, 0.717) is 22.3 Å². The fourth-order valence-electron chi connectivity index (χ4n) is 1.94. The van der Waals surface area contributed by atoms with Gasteiger partial charge in [0.1, 0.15) is 5.82 Å². The molecule has 2 aromatic heterocycles. The highest BCUT2D eigenvalue weighted by Gasteiger charge is 2.14. The van der Waals surface area contributed by atoms with Gasteiger partial charge in [0.05, 0.1) is 18.1 Å². The molecule has 0 atom stereocenters. The van der Waals surface area contributed by atoms with Crippen LogP contribution in [0.5, 0.6) is 0 Å². The lowest BCUT2D eigenvalue weighted by Crippen LogP contribution is -2.16. The standard InChI is InChI=1S/C12H12N8O/c1-20-18-12(17-19-20)15-11(21)8-6-10(16-13)14-9-5-3-2-4-7(8)9/h2-6H,13H2,1H3,(H,14,16)(H,15,18,21). The number of carbonyl (C=O) groups is 1. The van der Waals surface area contributed by atoms with E-state index in [0.717, 1.165) is 0 Å². The Kier molecular flexibility index (Phi) is 3.16. The van der Waals surface area contributed by atoms with Gasteiger partial charge in [-0.3, -0.25) is 10.1 Å². The van der Waals surface area contributed by atoms with E-state index in [4.69, 9.17) is 5.84 Å². The van der Waals surface area contributed by atoms with Crippen LogP contribution in [0.3, 0.4) is 0 Å². The van der Waals surface area contributed by atoms with E-state index in [1.165, 1.54) is 4.80 Å². The number of nitrogens with one attached hydrogen (secondary N) is 2. The SMILES string of the molecule is Cn1nnc(NC(=O)c2cc(NN)nc3ccccc23)n1. The number of benzene rings is 1. The number of hydrazine groups is 1. The molecule has 3 rings (SSSR count). The van der Waals surface area contributed by atoms with Gasteiger partial charge in [0.15, 0.2) is 0 Å². The number of para-hydroxylation sites is 1. The van der Waals surface area contributed by atoms with Gasteiger partial charge in [-0.05, 0) is 17.3 Å². The minimum Gasteiger partial charge on any atom is -0.308 e. The van der Waals surface area contributed by atoms with Crippen LogP contribution in [-0.4, -0.2) is 31.1 Å². The molecule has 9 nitrogen and oxygen atoms in total. The van der Waals surface area contributed by atoms with E-state index in [1.54, 1.807) is 19.2 Å². The molecule has 0 spiro atoms. The van der Waals surface area contributed by atoms with Crippen molar-refractivity contribution >= 4 is 28.6 Å². The highest BCUT2D eigenvalue weighted by Crippen LogP contribution is 2.21. The van der Waals surface area contributed by atoms with Crippen molar-refractivity contribution in [3.8, 4) is 0 Å². The van der Waals surface area contributed by atoms with Gasteiger partial charge in [0, 0.05) is 5.39 Å². The number of aryl methyl sites for hydroxylation is 1. The number of hydrogen-bond acceptors (Lipinski definition) is 7. The molecule has 0 aliphatic carbocycles. The van der Waals surface area contributed by atoms with Crippen molar-refractivity contribution in [3.05, 3.63) is 35.9 Å². The number of carbonyl (C=O) groups excluding carboxylic acids is 1. The zero-order valence-electron chi connectivity index (χ0n) is 11.1. The highest BCUT2D eigenvalue weighted by molar-refractivity contribution is 6.12. The molecule has 21 heavy (non-hydrogen) atoms. The van der Waals surface area contributed by atoms with Gasteiger partial charge in [-0.15, -0.1) is 5.10 Å². The van der Waals surface area contributed by atoms with E-state index in [-0.39, 0.29) is 11.9 Å². The molecule has 1 amide bonds. The van der Waals surface area contributed by atoms with Gasteiger partial charge in [-0.1, -0.05) is 23.3 Å². The van der Waals surface area contributed by atoms with Crippen molar-refractivity contribution in [1.29, 1.82) is 0 Å². The molecular weight excluding hydrogens is 272 g/mol. The Bertz CT molecular complexity index is 812. The summed E-state index contributed by atoms with van der Waals surface area (Å²) >= 11 is 0. The molecule has 0 saturated carbocycles. The molecule has 9 heteroatoms. The second-order valence-electron chi connectivity index (χ2n) is 4.27. The Balaban J connectivity index is 2.03. The maximum absolute atomic E-state index is 12.4. The lowest BCUT2D eigenvalue weighted by atomic mass is 10.1. The van der Waals surface area contributed by atoms with Crippen LogP contribution in [-0.2, 0) is 7.05 Å². The average molecular weight is 284 g/mol. The summed E-state index contributed by atoms with van der Waals surface area (Å²) in [6, 6.07) is 8.83. The van der Waals surface area contributed by atoms with Crippen LogP contribution < -0.4 is 16.6 Å². The lowest BCUT2D eigenvalue weighted by Gasteiger charge is -2.08. The highest BCUT2D eigenvalue weighted by atomic mass is 16.1. The lowest BCUT2D eigenvalue weighted by molar-refractivity contribution is 0.102. The van der Waals surface area contributed by atoms with Gasteiger partial charge in [-0.25, -0.2) is 10.8 Å². The number of pyridine rings is 1. The Morgan fingerprint density at radius 3 is 2.86 bits per heavy atom. The zero-order chi connectivity index (χ0) is 14.8. The summed E-state index contributed by atoms with van der Waals surface area (Å²) in [6.45, 7) is 0. The number of nitrogen functional groups attached to an aromatic ring is 1. The van der Waals surface area contributed by atoms with Crippen molar-refractivity contribution < 1.29 is 4.79 Å². The molecule has 2 heterocycles. The first-order valence-electron chi connectivity index (χ1n) is 6.09. The fourth-order valence-corrected chi connectivity index (χ4v) is 1.94. The molecule has 0 unspecified atom stereocenters. The molecule has 1 aromatic carbocycles. The van der Waals surface area contributed by atoms with Gasteiger partial charge in [0.2, 0.25) is 0 Å². The molecule has 4 N–H and O–H groups in total. The summed E-state index contributed by atoms with van der Waals surface area (Å²) in [4.78, 5) is 17.9. The topological polar surface area (TPSA) is 124 Å². The first kappa shape index (κ1) is 12.9. The molecule has 0 bridgehead atoms. The molecule has 106 valence electrons. The number of nitrogens with two attached hydrogens (primary N) is 1. The van der Waals surface area contributed by atoms with Gasteiger partial charge >= 0.3 is 0 Å². The normalized spacial score (nSPS) is 10.6. The van der Waals surface area contributed by atoms with Crippen LogP contribution in [0.4, 0.5) is 11.8 Å². The van der Waals surface area contributed by atoms with Crippen molar-refractivity contribution in [3.63, 3.8) is 0 Å². The first-order chi connectivity index (χ1) is 10.2. The summed E-state index contributed by atoms with van der Waals surface area (Å²) in [5.74, 6) is 5.55. The van der Waals surface area contributed by atoms with E-state index in [1.807, 2.05) is 18.2 Å². The number of tetrazole rings is 1. The van der Waals surface area contributed by atoms with Gasteiger partial charge in [-0.2, -0.15) is 4.80 Å². The van der Waals surface area contributed by atoms with Crippen molar-refractivity contribution in [2.75, 3.05) is 10.7 Å². The summed E-state index contributed by atoms with van der Waals surface area (Å²) in [6.07, 6.45) is 0. The third-order valence-electron chi connectivity index (χ3n) is 2.84. The number of hydrogen-bond donors (Lipinski definition) is 3. The second-order valence-corrected chi connectivity index (χ2v) is 4.27. The Hall–Kier alpha value is -3.07. The Labute approximate surface area is 119 Å². The predicted molar refractivity (Wildman–Crippen MR) is 76.3 cm³/mol. The van der Waals surface area contributed by atoms with E-state index in [9.17, 15) is 4.79 Å². The van der Waals surface area contributed by atoms with Gasteiger partial charge < -0.3 is 5.43 Å². The maximum Gasteiger partial charge on any atom is 0.270 e. The monoisotopic (exact) mass is 284 g/mol. The number of anilines is 2. The largest absolute Gasteiger partial charge is 0.308 e. The minimum absolute atomic E-state index is 0.130. The van der Waals surface area contributed by atoms with Crippen LogP contribution in [0.2, 0.25) is 0 Å². The van der Waals surface area contributed by atoms with Crippen LogP contribution >= 0.6 is 0 Å².